The first-order valence-electron chi connectivity index (χ1n) is 6.17. The summed E-state index contributed by atoms with van der Waals surface area (Å²) in [5, 5.41) is 0. The first-order chi connectivity index (χ1) is 8.12. The Balaban J connectivity index is 2.93. The molecular weight excluding hydrogens is 214 g/mol. The molecule has 0 aliphatic carbocycles. The molecule has 0 radical (unpaired) electrons. The highest BCUT2D eigenvalue weighted by atomic mass is 15.3. The molecule has 17 heavy (non-hydrogen) atoms. The largest absolute Gasteiger partial charge is 0.356 e. The smallest absolute Gasteiger partial charge is 0.239 e. The van der Waals surface area contributed by atoms with Gasteiger partial charge in [0.05, 0.1) is 0 Å². The van der Waals surface area contributed by atoms with Crippen LogP contribution in [0.15, 0.2) is 6.20 Å². The molecule has 0 saturated carbocycles. The maximum absolute atomic E-state index is 5.34. The van der Waals surface area contributed by atoms with Gasteiger partial charge in [0.25, 0.3) is 0 Å². The van der Waals surface area contributed by atoms with Gasteiger partial charge in [-0.3, -0.25) is 5.43 Å². The van der Waals surface area contributed by atoms with Gasteiger partial charge in [0.2, 0.25) is 5.95 Å². The van der Waals surface area contributed by atoms with Crippen molar-refractivity contribution in [1.29, 1.82) is 0 Å². The Labute approximate surface area is 103 Å². The van der Waals surface area contributed by atoms with Crippen molar-refractivity contribution >= 4 is 11.8 Å². The third-order valence-corrected chi connectivity index (χ3v) is 2.98. The first-order valence-corrected chi connectivity index (χ1v) is 6.17. The molecule has 0 aromatic carbocycles. The van der Waals surface area contributed by atoms with Crippen molar-refractivity contribution in [2.45, 2.75) is 34.1 Å². The molecular formula is C12H23N5. The summed E-state index contributed by atoms with van der Waals surface area (Å²) in [4.78, 5) is 10.8. The standard InChI is InChI=1S/C12H23N5/c1-5-9(3)8-17(6-2)11-10(4)7-14-12(15-11)16-13/h7,9H,5-6,8,13H2,1-4H3,(H,14,15,16). The molecule has 0 aliphatic rings. The first kappa shape index (κ1) is 13.7. The van der Waals surface area contributed by atoms with Crippen LogP contribution in [0.4, 0.5) is 11.8 Å². The summed E-state index contributed by atoms with van der Waals surface area (Å²) in [6, 6.07) is 0. The van der Waals surface area contributed by atoms with Gasteiger partial charge in [-0.25, -0.2) is 10.8 Å². The Kier molecular flexibility index (Phi) is 5.15. The fraction of sp³-hybridized carbons (Fsp3) is 0.667. The average molecular weight is 237 g/mol. The van der Waals surface area contributed by atoms with Crippen molar-refractivity contribution in [3.63, 3.8) is 0 Å². The van der Waals surface area contributed by atoms with Gasteiger partial charge in [-0.2, -0.15) is 4.98 Å². The molecule has 1 heterocycles. The van der Waals surface area contributed by atoms with Crippen LogP contribution in [0.5, 0.6) is 0 Å². The van der Waals surface area contributed by atoms with Gasteiger partial charge in [-0.15, -0.1) is 0 Å². The maximum Gasteiger partial charge on any atom is 0.239 e. The number of aryl methyl sites for hydroxylation is 1. The molecule has 5 nitrogen and oxygen atoms in total. The zero-order valence-corrected chi connectivity index (χ0v) is 11.2. The van der Waals surface area contributed by atoms with Crippen molar-refractivity contribution in [2.24, 2.45) is 11.8 Å². The van der Waals surface area contributed by atoms with Crippen LogP contribution >= 0.6 is 0 Å². The monoisotopic (exact) mass is 237 g/mol. The van der Waals surface area contributed by atoms with Gasteiger partial charge in [-0.05, 0) is 19.8 Å². The number of rotatable bonds is 6. The van der Waals surface area contributed by atoms with E-state index in [9.17, 15) is 0 Å². The second-order valence-electron chi connectivity index (χ2n) is 4.40. The fourth-order valence-corrected chi connectivity index (χ4v) is 1.69. The molecule has 0 fully saturated rings. The van der Waals surface area contributed by atoms with E-state index in [4.69, 9.17) is 5.84 Å². The normalized spacial score (nSPS) is 12.3. The van der Waals surface area contributed by atoms with Crippen LogP contribution in [0, 0.1) is 12.8 Å². The molecule has 0 spiro atoms. The van der Waals surface area contributed by atoms with Crippen molar-refractivity contribution in [3.8, 4) is 0 Å². The minimum absolute atomic E-state index is 0.466. The second kappa shape index (κ2) is 6.39. The molecule has 1 unspecified atom stereocenters. The summed E-state index contributed by atoms with van der Waals surface area (Å²) in [5.41, 5.74) is 3.57. The van der Waals surface area contributed by atoms with Crippen molar-refractivity contribution in [3.05, 3.63) is 11.8 Å². The van der Waals surface area contributed by atoms with Crippen LogP contribution in [0.1, 0.15) is 32.8 Å². The number of hydrogen-bond donors (Lipinski definition) is 2. The molecule has 1 rings (SSSR count). The van der Waals surface area contributed by atoms with Crippen LogP contribution in [0.2, 0.25) is 0 Å². The Morgan fingerprint density at radius 3 is 2.71 bits per heavy atom. The zero-order chi connectivity index (χ0) is 12.8. The van der Waals surface area contributed by atoms with Crippen molar-refractivity contribution in [2.75, 3.05) is 23.4 Å². The van der Waals surface area contributed by atoms with Crippen molar-refractivity contribution in [1.82, 2.24) is 9.97 Å². The lowest BCUT2D eigenvalue weighted by Crippen LogP contribution is -2.30. The highest BCUT2D eigenvalue weighted by Crippen LogP contribution is 2.19. The Bertz CT molecular complexity index is 353. The molecule has 96 valence electrons. The lowest BCUT2D eigenvalue weighted by molar-refractivity contribution is 0.545. The zero-order valence-electron chi connectivity index (χ0n) is 11.2. The van der Waals surface area contributed by atoms with Gasteiger partial charge in [-0.1, -0.05) is 20.3 Å². The molecule has 1 aromatic rings. The van der Waals surface area contributed by atoms with Crippen LogP contribution in [0.3, 0.4) is 0 Å². The average Bonchev–Trinajstić information content (AvgIpc) is 2.36. The Morgan fingerprint density at radius 2 is 2.18 bits per heavy atom. The van der Waals surface area contributed by atoms with E-state index in [1.165, 1.54) is 6.42 Å². The molecule has 0 saturated heterocycles. The number of hydrazine groups is 1. The van der Waals surface area contributed by atoms with E-state index in [-0.39, 0.29) is 0 Å². The van der Waals surface area contributed by atoms with E-state index in [1.54, 1.807) is 6.20 Å². The molecule has 5 heteroatoms. The summed E-state index contributed by atoms with van der Waals surface area (Å²) >= 11 is 0. The summed E-state index contributed by atoms with van der Waals surface area (Å²) in [6.45, 7) is 10.6. The van der Waals surface area contributed by atoms with Gasteiger partial charge in [0, 0.05) is 24.8 Å². The second-order valence-corrected chi connectivity index (χ2v) is 4.40. The minimum atomic E-state index is 0.466. The minimum Gasteiger partial charge on any atom is -0.356 e. The van der Waals surface area contributed by atoms with Crippen LogP contribution in [-0.2, 0) is 0 Å². The number of nitrogens with zero attached hydrogens (tertiary/aromatic N) is 3. The fourth-order valence-electron chi connectivity index (χ4n) is 1.69. The maximum atomic E-state index is 5.34. The highest BCUT2D eigenvalue weighted by Gasteiger charge is 2.13. The van der Waals surface area contributed by atoms with Gasteiger partial charge < -0.3 is 4.90 Å². The number of hydrogen-bond acceptors (Lipinski definition) is 5. The van der Waals surface area contributed by atoms with E-state index < -0.39 is 0 Å². The Morgan fingerprint density at radius 1 is 1.47 bits per heavy atom. The highest BCUT2D eigenvalue weighted by molar-refractivity contribution is 5.48. The molecule has 0 bridgehead atoms. The van der Waals surface area contributed by atoms with E-state index in [1.807, 2.05) is 6.92 Å². The lowest BCUT2D eigenvalue weighted by Gasteiger charge is -2.26. The number of nitrogens with two attached hydrogens (primary N) is 1. The van der Waals surface area contributed by atoms with E-state index >= 15 is 0 Å². The molecule has 0 aliphatic heterocycles. The third-order valence-electron chi connectivity index (χ3n) is 2.98. The van der Waals surface area contributed by atoms with Gasteiger partial charge >= 0.3 is 0 Å². The van der Waals surface area contributed by atoms with Crippen LogP contribution in [-0.4, -0.2) is 23.1 Å². The Hall–Kier alpha value is -1.36. The number of anilines is 2. The third kappa shape index (κ3) is 3.56. The SMILES string of the molecule is CCC(C)CN(CC)c1nc(NN)ncc1C. The van der Waals surface area contributed by atoms with Crippen molar-refractivity contribution < 1.29 is 0 Å². The lowest BCUT2D eigenvalue weighted by atomic mass is 10.1. The van der Waals surface area contributed by atoms with Crippen LogP contribution < -0.4 is 16.2 Å². The predicted octanol–water partition coefficient (Wildman–Crippen LogP) is 1.94. The van der Waals surface area contributed by atoms with Gasteiger partial charge in [0.15, 0.2) is 0 Å². The summed E-state index contributed by atoms with van der Waals surface area (Å²) in [6.07, 6.45) is 2.97. The number of nitrogens with one attached hydrogen (secondary N) is 1. The number of nitrogen functional groups attached to an aromatic ring is 1. The van der Waals surface area contributed by atoms with Gasteiger partial charge in [0.1, 0.15) is 5.82 Å². The van der Waals surface area contributed by atoms with E-state index in [2.05, 4.69) is 41.1 Å². The summed E-state index contributed by atoms with van der Waals surface area (Å²) < 4.78 is 0. The molecule has 1 atom stereocenters. The summed E-state index contributed by atoms with van der Waals surface area (Å²) in [5.74, 6) is 7.43. The van der Waals surface area contributed by atoms with E-state index in [0.29, 0.717) is 11.9 Å². The predicted molar refractivity (Wildman–Crippen MR) is 71.9 cm³/mol. The summed E-state index contributed by atoms with van der Waals surface area (Å²) in [7, 11) is 0. The van der Waals surface area contributed by atoms with E-state index in [0.717, 1.165) is 24.5 Å². The molecule has 0 amide bonds. The quantitative estimate of drug-likeness (QED) is 0.584. The number of aromatic nitrogens is 2. The van der Waals surface area contributed by atoms with Crippen LogP contribution in [0.25, 0.3) is 0 Å². The molecule has 1 aromatic heterocycles. The topological polar surface area (TPSA) is 67.1 Å². The molecule has 3 N–H and O–H groups in total.